The highest BCUT2D eigenvalue weighted by Gasteiger charge is 2.19. The highest BCUT2D eigenvalue weighted by atomic mass is 35.5. The van der Waals surface area contributed by atoms with Crippen LogP contribution in [0.5, 0.6) is 0 Å². The molecular weight excluding hydrogens is 244 g/mol. The van der Waals surface area contributed by atoms with E-state index in [0.717, 1.165) is 31.4 Å². The van der Waals surface area contributed by atoms with Crippen molar-refractivity contribution in [2.24, 2.45) is 11.8 Å². The van der Waals surface area contributed by atoms with E-state index in [1.54, 1.807) is 0 Å². The average molecular weight is 267 g/mol. The molecule has 0 aliphatic carbocycles. The molecule has 1 aromatic rings. The van der Waals surface area contributed by atoms with E-state index in [4.69, 9.17) is 16.3 Å². The molecular formula is C16H23ClO. The molecule has 1 atom stereocenters. The molecule has 1 aliphatic rings. The van der Waals surface area contributed by atoms with E-state index in [9.17, 15) is 0 Å². The van der Waals surface area contributed by atoms with Crippen LogP contribution >= 0.6 is 11.6 Å². The van der Waals surface area contributed by atoms with Gasteiger partial charge in [0.2, 0.25) is 0 Å². The van der Waals surface area contributed by atoms with Crippen LogP contribution in [-0.4, -0.2) is 19.1 Å². The van der Waals surface area contributed by atoms with E-state index in [2.05, 4.69) is 31.2 Å². The summed E-state index contributed by atoms with van der Waals surface area (Å²) in [6.45, 7) is 4.06. The van der Waals surface area contributed by atoms with Crippen molar-refractivity contribution in [1.82, 2.24) is 0 Å². The fraction of sp³-hybridized carbons (Fsp3) is 0.625. The summed E-state index contributed by atoms with van der Waals surface area (Å²) in [5, 5.41) is 0. The molecule has 0 aromatic heterocycles. The van der Waals surface area contributed by atoms with Crippen molar-refractivity contribution in [3.05, 3.63) is 35.4 Å². The van der Waals surface area contributed by atoms with Crippen LogP contribution in [0.1, 0.15) is 30.4 Å². The second-order valence-electron chi connectivity index (χ2n) is 5.44. The summed E-state index contributed by atoms with van der Waals surface area (Å²) >= 11 is 6.16. The number of rotatable bonds is 5. The van der Waals surface area contributed by atoms with Gasteiger partial charge in [0.05, 0.1) is 0 Å². The van der Waals surface area contributed by atoms with Crippen LogP contribution < -0.4 is 0 Å². The first kappa shape index (κ1) is 13.9. The molecule has 0 saturated carbocycles. The number of benzene rings is 1. The first-order chi connectivity index (χ1) is 8.79. The minimum atomic E-state index is 0.607. The number of halogens is 1. The quantitative estimate of drug-likeness (QED) is 0.726. The van der Waals surface area contributed by atoms with Crippen LogP contribution in [0.25, 0.3) is 0 Å². The van der Waals surface area contributed by atoms with Crippen molar-refractivity contribution in [3.63, 3.8) is 0 Å². The Kier molecular flexibility index (Phi) is 5.52. The van der Waals surface area contributed by atoms with Crippen LogP contribution in [0.3, 0.4) is 0 Å². The van der Waals surface area contributed by atoms with E-state index in [1.165, 1.54) is 30.4 Å². The van der Waals surface area contributed by atoms with Crippen LogP contribution in [0.15, 0.2) is 24.3 Å². The Balaban J connectivity index is 1.90. The lowest BCUT2D eigenvalue weighted by Crippen LogP contribution is -2.20. The Hall–Kier alpha value is -0.530. The summed E-state index contributed by atoms with van der Waals surface area (Å²) in [6, 6.07) is 8.66. The minimum absolute atomic E-state index is 0.607. The van der Waals surface area contributed by atoms with Gasteiger partial charge in [-0.05, 0) is 55.6 Å². The Morgan fingerprint density at radius 2 is 2.00 bits per heavy atom. The summed E-state index contributed by atoms with van der Waals surface area (Å²) in [4.78, 5) is 0. The van der Waals surface area contributed by atoms with Crippen LogP contribution in [0, 0.1) is 18.8 Å². The van der Waals surface area contributed by atoms with E-state index < -0.39 is 0 Å². The van der Waals surface area contributed by atoms with Gasteiger partial charge in [0.1, 0.15) is 0 Å². The largest absolute Gasteiger partial charge is 0.381 e. The number of alkyl halides is 1. The number of aryl methyl sites for hydroxylation is 1. The third-order valence-corrected chi connectivity index (χ3v) is 4.43. The van der Waals surface area contributed by atoms with Crippen LogP contribution in [-0.2, 0) is 11.2 Å². The molecule has 2 heteroatoms. The molecule has 1 heterocycles. The summed E-state index contributed by atoms with van der Waals surface area (Å²) in [5.74, 6) is 2.19. The monoisotopic (exact) mass is 266 g/mol. The Bertz CT molecular complexity index is 358. The SMILES string of the molecule is Cc1ccccc1CC(CCl)CC1CCOCC1. The van der Waals surface area contributed by atoms with Crippen LogP contribution in [0.2, 0.25) is 0 Å². The molecule has 0 radical (unpaired) electrons. The van der Waals surface area contributed by atoms with E-state index in [-0.39, 0.29) is 0 Å². The van der Waals surface area contributed by atoms with Gasteiger partial charge < -0.3 is 4.74 Å². The van der Waals surface area contributed by atoms with Gasteiger partial charge in [-0.3, -0.25) is 0 Å². The third-order valence-electron chi connectivity index (χ3n) is 4.00. The van der Waals surface area contributed by atoms with Crippen molar-refractivity contribution in [2.45, 2.75) is 32.6 Å². The smallest absolute Gasteiger partial charge is 0.0468 e. The number of hydrogen-bond acceptors (Lipinski definition) is 1. The predicted octanol–water partition coefficient (Wildman–Crippen LogP) is 4.21. The van der Waals surface area contributed by atoms with Crippen molar-refractivity contribution >= 4 is 11.6 Å². The van der Waals surface area contributed by atoms with Gasteiger partial charge in [-0.2, -0.15) is 0 Å². The molecule has 1 nitrogen and oxygen atoms in total. The standard InChI is InChI=1S/C16H23ClO/c1-13-4-2-3-5-16(13)11-15(12-17)10-14-6-8-18-9-7-14/h2-5,14-15H,6-12H2,1H3. The molecule has 1 saturated heterocycles. The van der Waals surface area contributed by atoms with Gasteiger partial charge in [0.15, 0.2) is 0 Å². The van der Waals surface area contributed by atoms with Gasteiger partial charge in [-0.25, -0.2) is 0 Å². The first-order valence-electron chi connectivity index (χ1n) is 6.98. The topological polar surface area (TPSA) is 9.23 Å². The summed E-state index contributed by atoms with van der Waals surface area (Å²) < 4.78 is 5.42. The Morgan fingerprint density at radius 3 is 2.67 bits per heavy atom. The highest BCUT2D eigenvalue weighted by molar-refractivity contribution is 6.18. The van der Waals surface area contributed by atoms with Crippen LogP contribution in [0.4, 0.5) is 0 Å². The molecule has 100 valence electrons. The van der Waals surface area contributed by atoms with Crippen molar-refractivity contribution < 1.29 is 4.74 Å². The molecule has 0 bridgehead atoms. The first-order valence-corrected chi connectivity index (χ1v) is 7.51. The maximum atomic E-state index is 6.16. The normalized spacial score (nSPS) is 18.8. The maximum Gasteiger partial charge on any atom is 0.0468 e. The van der Waals surface area contributed by atoms with Gasteiger partial charge in [0, 0.05) is 19.1 Å². The molecule has 1 aromatic carbocycles. The zero-order chi connectivity index (χ0) is 12.8. The maximum absolute atomic E-state index is 6.16. The van der Waals surface area contributed by atoms with Gasteiger partial charge >= 0.3 is 0 Å². The summed E-state index contributed by atoms with van der Waals surface area (Å²) in [7, 11) is 0. The van der Waals surface area contributed by atoms with Gasteiger partial charge in [-0.15, -0.1) is 11.6 Å². The van der Waals surface area contributed by atoms with Crippen molar-refractivity contribution in [3.8, 4) is 0 Å². The van der Waals surface area contributed by atoms with E-state index in [1.807, 2.05) is 0 Å². The predicted molar refractivity (Wildman–Crippen MR) is 77.3 cm³/mol. The summed E-state index contributed by atoms with van der Waals surface area (Å²) in [6.07, 6.45) is 4.79. The fourth-order valence-electron chi connectivity index (χ4n) is 2.80. The molecule has 2 rings (SSSR count). The molecule has 0 spiro atoms. The average Bonchev–Trinajstić information content (AvgIpc) is 2.41. The highest BCUT2D eigenvalue weighted by Crippen LogP contribution is 2.26. The second-order valence-corrected chi connectivity index (χ2v) is 5.75. The number of ether oxygens (including phenoxy) is 1. The third kappa shape index (κ3) is 4.00. The second kappa shape index (κ2) is 7.16. The van der Waals surface area contributed by atoms with E-state index in [0.29, 0.717) is 5.92 Å². The van der Waals surface area contributed by atoms with Crippen molar-refractivity contribution in [2.75, 3.05) is 19.1 Å². The Labute approximate surface area is 115 Å². The molecule has 1 unspecified atom stereocenters. The molecule has 1 aliphatic heterocycles. The minimum Gasteiger partial charge on any atom is -0.381 e. The lowest BCUT2D eigenvalue weighted by Gasteiger charge is -2.26. The lowest BCUT2D eigenvalue weighted by molar-refractivity contribution is 0.0595. The zero-order valence-electron chi connectivity index (χ0n) is 11.2. The van der Waals surface area contributed by atoms with Gasteiger partial charge in [0.25, 0.3) is 0 Å². The van der Waals surface area contributed by atoms with Crippen molar-refractivity contribution in [1.29, 1.82) is 0 Å². The molecule has 0 amide bonds. The molecule has 1 fully saturated rings. The Morgan fingerprint density at radius 1 is 1.28 bits per heavy atom. The lowest BCUT2D eigenvalue weighted by atomic mass is 9.86. The number of hydrogen-bond donors (Lipinski definition) is 0. The molecule has 18 heavy (non-hydrogen) atoms. The van der Waals surface area contributed by atoms with E-state index >= 15 is 0 Å². The fourth-order valence-corrected chi connectivity index (χ4v) is 3.04. The van der Waals surface area contributed by atoms with Gasteiger partial charge in [-0.1, -0.05) is 24.3 Å². The zero-order valence-corrected chi connectivity index (χ0v) is 12.0. The summed E-state index contributed by atoms with van der Waals surface area (Å²) in [5.41, 5.74) is 2.84. The molecule has 0 N–H and O–H groups in total.